The number of carbonyl (C=O) groups is 5. The Labute approximate surface area is 285 Å². The third kappa shape index (κ3) is 54.3. The minimum atomic E-state index is -0.621. The van der Waals surface area contributed by atoms with Gasteiger partial charge in [-0.05, 0) is 19.9 Å². The van der Waals surface area contributed by atoms with Crippen molar-refractivity contribution in [3.05, 3.63) is 0 Å². The molecule has 0 aromatic carbocycles. The van der Waals surface area contributed by atoms with Crippen LogP contribution in [-0.4, -0.2) is 86.4 Å². The summed E-state index contributed by atoms with van der Waals surface area (Å²) in [5, 5.41) is 17.2. The minimum Gasteiger partial charge on any atom is -0.396 e. The predicted molar refractivity (Wildman–Crippen MR) is 161 cm³/mol. The van der Waals surface area contributed by atoms with Crippen LogP contribution in [0.2, 0.25) is 13.6 Å². The molecule has 1 fully saturated rings. The summed E-state index contributed by atoms with van der Waals surface area (Å²) in [6.45, 7) is 8.66. The van der Waals surface area contributed by atoms with E-state index in [0.29, 0.717) is 44.0 Å². The summed E-state index contributed by atoms with van der Waals surface area (Å²) in [5.74, 6) is -1.45. The van der Waals surface area contributed by atoms with Gasteiger partial charge < -0.3 is 37.6 Å². The summed E-state index contributed by atoms with van der Waals surface area (Å²) in [4.78, 5) is 56.5. The molecule has 0 aliphatic carbocycles. The van der Waals surface area contributed by atoms with Gasteiger partial charge in [-0.2, -0.15) is 0 Å². The van der Waals surface area contributed by atoms with Crippen LogP contribution in [0, 0.1) is 0 Å². The van der Waals surface area contributed by atoms with Gasteiger partial charge in [-0.1, -0.05) is 51.5 Å². The number of ether oxygens (including phenoxy) is 1. The number of rotatable bonds is 11. The van der Waals surface area contributed by atoms with Crippen molar-refractivity contribution in [1.29, 1.82) is 0 Å². The topological polar surface area (TPSA) is 174 Å². The second-order valence-corrected chi connectivity index (χ2v) is 5.78. The maximum absolute atomic E-state index is 11.3. The van der Waals surface area contributed by atoms with E-state index < -0.39 is 17.8 Å². The first kappa shape index (κ1) is 71.6. The van der Waals surface area contributed by atoms with Crippen molar-refractivity contribution in [2.45, 2.75) is 110 Å². The Kier molecular flexibility index (Phi) is 113. The smallest absolute Gasteiger partial charge is 0.396 e. The second-order valence-electron chi connectivity index (χ2n) is 5.78. The van der Waals surface area contributed by atoms with Crippen molar-refractivity contribution < 1.29 is 95.1 Å². The number of ketones is 1. The first-order chi connectivity index (χ1) is 15.4. The van der Waals surface area contributed by atoms with E-state index in [9.17, 15) is 19.2 Å². The fraction of sp³-hybridized carbons (Fsp3) is 0.808. The molecule has 0 spiro atoms. The average molecular weight is 599 g/mol. The molecule has 1 aliphatic heterocycles. The van der Waals surface area contributed by atoms with Crippen molar-refractivity contribution >= 4 is 37.6 Å². The summed E-state index contributed by atoms with van der Waals surface area (Å²) in [6.07, 6.45) is 2.13. The molecular formula is C26H64BKN2O9. The Hall–Kier alpha value is -0.509. The second kappa shape index (κ2) is 61.5. The van der Waals surface area contributed by atoms with Crippen molar-refractivity contribution in [1.82, 2.24) is 5.06 Å². The maximum atomic E-state index is 11.3. The molecule has 0 atom stereocenters. The molecule has 1 aliphatic rings. The molecule has 0 aromatic rings. The maximum Gasteiger partial charge on any atom is 1.00 e. The van der Waals surface area contributed by atoms with Gasteiger partial charge in [0.25, 0.3) is 11.8 Å². The zero-order chi connectivity index (χ0) is 25.8. The molecule has 39 heavy (non-hydrogen) atoms. The molecule has 11 nitrogen and oxygen atoms in total. The van der Waals surface area contributed by atoms with E-state index >= 15 is 0 Å². The van der Waals surface area contributed by atoms with Crippen molar-refractivity contribution in [3.63, 3.8) is 0 Å². The predicted octanol–water partition coefficient (Wildman–Crippen LogP) is 1.12. The van der Waals surface area contributed by atoms with Crippen LogP contribution in [0.3, 0.4) is 0 Å². The molecule has 1 heterocycles. The largest absolute Gasteiger partial charge is 1.00 e. The summed E-state index contributed by atoms with van der Waals surface area (Å²) in [7, 11) is 3.50. The fourth-order valence-electron chi connectivity index (χ4n) is 1.69. The number of hydroxylamine groups is 2. The summed E-state index contributed by atoms with van der Waals surface area (Å²) < 4.78 is 5.12. The van der Waals surface area contributed by atoms with Gasteiger partial charge in [-0.3, -0.25) is 28.0 Å². The zero-order valence-electron chi connectivity index (χ0n) is 20.8. The van der Waals surface area contributed by atoms with E-state index in [-0.39, 0.29) is 134 Å². The Morgan fingerprint density at radius 3 is 1.56 bits per heavy atom. The van der Waals surface area contributed by atoms with E-state index in [1.807, 2.05) is 27.7 Å². The van der Waals surface area contributed by atoms with Crippen LogP contribution in [0.15, 0.2) is 0 Å². The Bertz CT molecular complexity index is 474. The number of imide groups is 1. The molecule has 13 heteroatoms. The Morgan fingerprint density at radius 1 is 0.872 bits per heavy atom. The van der Waals surface area contributed by atoms with E-state index in [2.05, 4.69) is 10.6 Å². The van der Waals surface area contributed by atoms with Crippen LogP contribution in [0.25, 0.3) is 0 Å². The van der Waals surface area contributed by atoms with Gasteiger partial charge in [0.2, 0.25) is 0 Å². The molecule has 2 amide bonds. The summed E-state index contributed by atoms with van der Waals surface area (Å²) >= 11 is 0. The van der Waals surface area contributed by atoms with E-state index in [4.69, 9.17) is 19.7 Å². The third-order valence-corrected chi connectivity index (χ3v) is 3.10. The average Bonchev–Trinajstić information content (AvgIpc) is 3.12. The normalized spacial score (nSPS) is 9.36. The number of aliphatic hydroxyl groups is 2. The first-order valence-corrected chi connectivity index (χ1v) is 10.4. The molecule has 4 N–H and O–H groups in total. The number of Topliss-reactive ketones (excluding diaryl/α,β-unsaturated/α-hetero) is 1. The number of hydrogen-bond donors (Lipinski definition) is 3. The number of amides is 2. The van der Waals surface area contributed by atoms with Gasteiger partial charge in [0, 0.05) is 52.1 Å². The zero-order valence-corrected chi connectivity index (χ0v) is 24.0. The molecular weight excluding hydrogens is 534 g/mol. The molecule has 1 saturated heterocycles. The third-order valence-electron chi connectivity index (χ3n) is 3.10. The van der Waals surface area contributed by atoms with Crippen LogP contribution >= 0.6 is 0 Å². The van der Waals surface area contributed by atoms with Crippen LogP contribution in [-0.2, 0) is 33.5 Å². The quantitative estimate of drug-likeness (QED) is 0.178. The number of nitrogens with zero attached hydrogens (tertiary/aromatic N) is 1. The molecule has 0 aromatic heterocycles. The molecule has 236 valence electrons. The number of hydrogen-bond acceptors (Lipinski definition) is 10. The van der Waals surface area contributed by atoms with Crippen LogP contribution in [0.4, 0.5) is 0 Å². The molecule has 0 unspecified atom stereocenters. The first-order valence-electron chi connectivity index (χ1n) is 10.4. The molecule has 0 saturated carbocycles. The number of aliphatic hydroxyl groups excluding tert-OH is 2. The monoisotopic (exact) mass is 598 g/mol. The van der Waals surface area contributed by atoms with Gasteiger partial charge >= 0.3 is 57.4 Å². The summed E-state index contributed by atoms with van der Waals surface area (Å²) in [5.41, 5.74) is 4.50. The van der Waals surface area contributed by atoms with Crippen LogP contribution < -0.4 is 57.1 Å². The standard InChI is InChI=1S/C11H17NO6.C5H10O2.C2H6B.CH5N.CH2O.6CH4.K/c13-6-2-8-17-7-1-3-11(16)18-12-9(14)4-5-10(12)15;1-2-5(7)3-4-6;1-3-2;2*1-2;;;;;;;/h13H,1-8H2;6H,2-4H2,1H3;1-2H3;2H2,1H3;1H2;6*1H4;/q;;-1;;;;;;;;;+1. The van der Waals surface area contributed by atoms with Gasteiger partial charge in [0.05, 0.1) is 6.42 Å². The van der Waals surface area contributed by atoms with Crippen LogP contribution in [0.5, 0.6) is 0 Å². The van der Waals surface area contributed by atoms with E-state index in [1.54, 1.807) is 6.92 Å². The minimum absolute atomic E-state index is 0. The molecule has 0 bridgehead atoms. The fourth-order valence-corrected chi connectivity index (χ4v) is 1.69. The van der Waals surface area contributed by atoms with Crippen molar-refractivity contribution in [2.24, 2.45) is 5.73 Å². The SMILES string of the molecule is C.C.C.C.C.C.C=O.CCC(=O)CCO.CN.C[B-]C.O=C(CCCOCCCO)ON1C(=O)CCC1=O.[K+]. The molecule has 2 radical (unpaired) electrons. The Morgan fingerprint density at radius 2 is 1.26 bits per heavy atom. The van der Waals surface area contributed by atoms with Crippen molar-refractivity contribution in [3.8, 4) is 0 Å². The van der Waals surface area contributed by atoms with Gasteiger partial charge in [-0.15, -0.1) is 5.06 Å². The van der Waals surface area contributed by atoms with Gasteiger partial charge in [0.1, 0.15) is 12.6 Å². The molecule has 1 rings (SSSR count). The summed E-state index contributed by atoms with van der Waals surface area (Å²) in [6, 6.07) is 0. The Balaban J connectivity index is -0.0000000359. The number of carbonyl (C=O) groups excluding carboxylic acids is 5. The van der Waals surface area contributed by atoms with E-state index in [0.717, 1.165) is 0 Å². The van der Waals surface area contributed by atoms with Gasteiger partial charge in [-0.25, -0.2) is 4.79 Å². The van der Waals surface area contributed by atoms with Crippen molar-refractivity contribution in [2.75, 3.05) is 33.5 Å². The van der Waals surface area contributed by atoms with Gasteiger partial charge in [0.15, 0.2) is 0 Å². The van der Waals surface area contributed by atoms with E-state index in [1.165, 1.54) is 7.05 Å². The van der Waals surface area contributed by atoms with Crippen LogP contribution in [0.1, 0.15) is 96.4 Å². The number of nitrogens with two attached hydrogens (primary N) is 1.